The summed E-state index contributed by atoms with van der Waals surface area (Å²) in [6, 6.07) is 6.17. The van der Waals surface area contributed by atoms with Gasteiger partial charge in [0, 0.05) is 13.1 Å². The van der Waals surface area contributed by atoms with Gasteiger partial charge in [0.05, 0.1) is 12.0 Å². The van der Waals surface area contributed by atoms with Crippen molar-refractivity contribution in [1.82, 2.24) is 10.2 Å². The molecule has 4 nitrogen and oxygen atoms in total. The van der Waals surface area contributed by atoms with E-state index in [0.29, 0.717) is 13.1 Å². The highest BCUT2D eigenvalue weighted by Crippen LogP contribution is 2.45. The van der Waals surface area contributed by atoms with Gasteiger partial charge >= 0.3 is 0 Å². The van der Waals surface area contributed by atoms with Crippen LogP contribution in [0, 0.1) is 5.82 Å². The Hall–Kier alpha value is -1.91. The summed E-state index contributed by atoms with van der Waals surface area (Å²) >= 11 is 0. The summed E-state index contributed by atoms with van der Waals surface area (Å²) in [4.78, 5) is 25.8. The van der Waals surface area contributed by atoms with Crippen LogP contribution in [-0.4, -0.2) is 36.3 Å². The Morgan fingerprint density at radius 1 is 1.25 bits per heavy atom. The summed E-state index contributed by atoms with van der Waals surface area (Å²) < 4.78 is 13.1. The molecule has 20 heavy (non-hydrogen) atoms. The summed E-state index contributed by atoms with van der Waals surface area (Å²) in [6.07, 6.45) is 2.54. The number of benzene rings is 1. The van der Waals surface area contributed by atoms with Crippen LogP contribution in [0.25, 0.3) is 0 Å². The molecule has 1 aromatic rings. The molecule has 0 aromatic heterocycles. The second-order valence-corrected chi connectivity index (χ2v) is 5.52. The number of rotatable bonds is 2. The largest absolute Gasteiger partial charge is 0.353 e. The highest BCUT2D eigenvalue weighted by atomic mass is 19.1. The zero-order chi connectivity index (χ0) is 14.2. The van der Waals surface area contributed by atoms with Gasteiger partial charge in [-0.3, -0.25) is 9.59 Å². The van der Waals surface area contributed by atoms with Crippen molar-refractivity contribution in [3.05, 3.63) is 35.6 Å². The van der Waals surface area contributed by atoms with Crippen LogP contribution >= 0.6 is 0 Å². The standard InChI is InChI=1S/C15H17FN2O2/c16-12-4-2-11(3-5-12)15(6-1-7-15)14(20)18-9-8-17-13(19)10-18/h2-5H,1,6-10H2,(H,17,19). The number of carbonyl (C=O) groups excluding carboxylic acids is 2. The van der Waals surface area contributed by atoms with E-state index < -0.39 is 5.41 Å². The zero-order valence-corrected chi connectivity index (χ0v) is 11.2. The lowest BCUT2D eigenvalue weighted by Crippen LogP contribution is -2.57. The fourth-order valence-corrected chi connectivity index (χ4v) is 3.04. The predicted molar refractivity (Wildman–Crippen MR) is 71.5 cm³/mol. The molecule has 1 N–H and O–H groups in total. The van der Waals surface area contributed by atoms with Gasteiger partial charge in [0.25, 0.3) is 0 Å². The minimum atomic E-state index is -0.550. The molecule has 2 aliphatic rings. The van der Waals surface area contributed by atoms with Crippen LogP contribution in [0.5, 0.6) is 0 Å². The maximum atomic E-state index is 13.1. The van der Waals surface area contributed by atoms with Crippen molar-refractivity contribution in [2.75, 3.05) is 19.6 Å². The van der Waals surface area contributed by atoms with Crippen molar-refractivity contribution < 1.29 is 14.0 Å². The lowest BCUT2D eigenvalue weighted by molar-refractivity contribution is -0.145. The lowest BCUT2D eigenvalue weighted by Gasteiger charge is -2.44. The molecule has 1 heterocycles. The van der Waals surface area contributed by atoms with E-state index in [0.717, 1.165) is 24.8 Å². The molecule has 0 bridgehead atoms. The number of hydrogen-bond donors (Lipinski definition) is 1. The molecule has 1 aliphatic heterocycles. The number of hydrogen-bond acceptors (Lipinski definition) is 2. The maximum absolute atomic E-state index is 13.1. The molecule has 0 radical (unpaired) electrons. The van der Waals surface area contributed by atoms with Gasteiger partial charge in [0.15, 0.2) is 0 Å². The molecule has 1 saturated carbocycles. The second kappa shape index (κ2) is 4.89. The van der Waals surface area contributed by atoms with Gasteiger partial charge in [-0.05, 0) is 30.5 Å². The van der Waals surface area contributed by atoms with Crippen molar-refractivity contribution in [1.29, 1.82) is 0 Å². The monoisotopic (exact) mass is 276 g/mol. The van der Waals surface area contributed by atoms with Crippen LogP contribution in [-0.2, 0) is 15.0 Å². The minimum Gasteiger partial charge on any atom is -0.353 e. The van der Waals surface area contributed by atoms with Gasteiger partial charge < -0.3 is 10.2 Å². The number of piperazine rings is 1. The van der Waals surface area contributed by atoms with Gasteiger partial charge in [-0.1, -0.05) is 18.6 Å². The summed E-state index contributed by atoms with van der Waals surface area (Å²) in [5, 5.41) is 2.72. The van der Waals surface area contributed by atoms with Crippen LogP contribution < -0.4 is 5.32 Å². The average Bonchev–Trinajstić information content (AvgIpc) is 2.39. The van der Waals surface area contributed by atoms with Crippen molar-refractivity contribution >= 4 is 11.8 Å². The fourth-order valence-electron chi connectivity index (χ4n) is 3.04. The third-order valence-corrected chi connectivity index (χ3v) is 4.34. The molecular weight excluding hydrogens is 259 g/mol. The molecule has 2 amide bonds. The van der Waals surface area contributed by atoms with E-state index in [1.54, 1.807) is 17.0 Å². The smallest absolute Gasteiger partial charge is 0.239 e. The fraction of sp³-hybridized carbons (Fsp3) is 0.467. The van der Waals surface area contributed by atoms with E-state index in [9.17, 15) is 14.0 Å². The van der Waals surface area contributed by atoms with E-state index in [-0.39, 0.29) is 24.2 Å². The molecule has 1 saturated heterocycles. The third-order valence-electron chi connectivity index (χ3n) is 4.34. The Balaban J connectivity index is 1.86. The van der Waals surface area contributed by atoms with Gasteiger partial charge in [-0.15, -0.1) is 0 Å². The van der Waals surface area contributed by atoms with Crippen molar-refractivity contribution in [3.8, 4) is 0 Å². The van der Waals surface area contributed by atoms with Crippen molar-refractivity contribution in [3.63, 3.8) is 0 Å². The van der Waals surface area contributed by atoms with Crippen LogP contribution in [0.3, 0.4) is 0 Å². The van der Waals surface area contributed by atoms with Crippen molar-refractivity contribution in [2.45, 2.75) is 24.7 Å². The highest BCUT2D eigenvalue weighted by molar-refractivity contribution is 5.93. The number of nitrogens with one attached hydrogen (secondary N) is 1. The normalized spacial score (nSPS) is 21.1. The second-order valence-electron chi connectivity index (χ2n) is 5.52. The quantitative estimate of drug-likeness (QED) is 0.882. The Labute approximate surface area is 117 Å². The van der Waals surface area contributed by atoms with Gasteiger partial charge in [-0.2, -0.15) is 0 Å². The van der Waals surface area contributed by atoms with E-state index >= 15 is 0 Å². The molecule has 3 rings (SSSR count). The van der Waals surface area contributed by atoms with Gasteiger partial charge in [0.1, 0.15) is 5.82 Å². The summed E-state index contributed by atoms with van der Waals surface area (Å²) in [7, 11) is 0. The molecule has 0 unspecified atom stereocenters. The number of carbonyl (C=O) groups is 2. The summed E-state index contributed by atoms with van der Waals surface area (Å²) in [5.74, 6) is -0.406. The highest BCUT2D eigenvalue weighted by Gasteiger charge is 2.48. The first-order valence-corrected chi connectivity index (χ1v) is 6.94. The van der Waals surface area contributed by atoms with E-state index in [4.69, 9.17) is 0 Å². The summed E-state index contributed by atoms with van der Waals surface area (Å²) in [5.41, 5.74) is 0.312. The van der Waals surface area contributed by atoms with Crippen LogP contribution in [0.2, 0.25) is 0 Å². The molecule has 1 aromatic carbocycles. The minimum absolute atomic E-state index is 0.00482. The van der Waals surface area contributed by atoms with Crippen LogP contribution in [0.1, 0.15) is 24.8 Å². The van der Waals surface area contributed by atoms with E-state index in [1.807, 2.05) is 0 Å². The molecule has 5 heteroatoms. The van der Waals surface area contributed by atoms with Gasteiger partial charge in [-0.25, -0.2) is 4.39 Å². The number of nitrogens with zero attached hydrogens (tertiary/aromatic N) is 1. The first-order valence-electron chi connectivity index (χ1n) is 6.94. The van der Waals surface area contributed by atoms with Gasteiger partial charge in [0.2, 0.25) is 11.8 Å². The molecule has 1 aliphatic carbocycles. The lowest BCUT2D eigenvalue weighted by atomic mass is 9.63. The molecule has 0 spiro atoms. The van der Waals surface area contributed by atoms with E-state index in [2.05, 4.69) is 5.32 Å². The Kier molecular flexibility index (Phi) is 3.20. The van der Waals surface area contributed by atoms with Crippen LogP contribution in [0.4, 0.5) is 4.39 Å². The Bertz CT molecular complexity index is 537. The molecule has 0 atom stereocenters. The topological polar surface area (TPSA) is 49.4 Å². The molecule has 106 valence electrons. The maximum Gasteiger partial charge on any atom is 0.239 e. The summed E-state index contributed by atoms with van der Waals surface area (Å²) in [6.45, 7) is 1.18. The Morgan fingerprint density at radius 2 is 1.95 bits per heavy atom. The first-order chi connectivity index (χ1) is 9.62. The number of halogens is 1. The van der Waals surface area contributed by atoms with Crippen molar-refractivity contribution in [2.24, 2.45) is 0 Å². The molecular formula is C15H17FN2O2. The average molecular weight is 276 g/mol. The number of amides is 2. The predicted octanol–water partition coefficient (Wildman–Crippen LogP) is 1.21. The Morgan fingerprint density at radius 3 is 2.50 bits per heavy atom. The van der Waals surface area contributed by atoms with E-state index in [1.165, 1.54) is 12.1 Å². The third kappa shape index (κ3) is 2.07. The van der Waals surface area contributed by atoms with Crippen LogP contribution in [0.15, 0.2) is 24.3 Å². The zero-order valence-electron chi connectivity index (χ0n) is 11.2. The molecule has 2 fully saturated rings. The first kappa shape index (κ1) is 13.1. The SMILES string of the molecule is O=C1CN(C(=O)C2(c3ccc(F)cc3)CCC2)CCN1.